The topological polar surface area (TPSA) is 43.6 Å². The molecule has 1 aromatic heterocycles. The summed E-state index contributed by atoms with van der Waals surface area (Å²) in [6.45, 7) is 0. The highest BCUT2D eigenvalue weighted by Gasteiger charge is 2.10. The molecular formula is C14H10BrClN4. The van der Waals surface area contributed by atoms with Gasteiger partial charge in [-0.15, -0.1) is 15.0 Å². The first-order valence-electron chi connectivity index (χ1n) is 5.98. The van der Waals surface area contributed by atoms with E-state index in [0.717, 1.165) is 16.8 Å². The molecule has 6 heteroatoms. The zero-order valence-electron chi connectivity index (χ0n) is 10.4. The van der Waals surface area contributed by atoms with Crippen molar-refractivity contribution in [1.82, 2.24) is 20.2 Å². The highest BCUT2D eigenvalue weighted by molar-refractivity contribution is 9.08. The molecule has 0 N–H and O–H groups in total. The van der Waals surface area contributed by atoms with Crippen LogP contribution in [-0.2, 0) is 5.33 Å². The van der Waals surface area contributed by atoms with Crippen molar-refractivity contribution in [3.8, 4) is 17.1 Å². The minimum absolute atomic E-state index is 0.589. The van der Waals surface area contributed by atoms with Crippen LogP contribution in [0.15, 0.2) is 48.5 Å². The Morgan fingerprint density at radius 2 is 1.90 bits per heavy atom. The molecule has 1 heterocycles. The number of rotatable bonds is 3. The van der Waals surface area contributed by atoms with Gasteiger partial charge < -0.3 is 0 Å². The number of hydrogen-bond acceptors (Lipinski definition) is 3. The van der Waals surface area contributed by atoms with Crippen LogP contribution in [0.25, 0.3) is 17.1 Å². The summed E-state index contributed by atoms with van der Waals surface area (Å²) in [5.74, 6) is 0.589. The Morgan fingerprint density at radius 3 is 2.65 bits per heavy atom. The fourth-order valence-electron chi connectivity index (χ4n) is 1.86. The zero-order valence-corrected chi connectivity index (χ0v) is 12.7. The van der Waals surface area contributed by atoms with Gasteiger partial charge in [-0.25, -0.2) is 0 Å². The molecule has 0 amide bonds. The number of halogens is 2. The van der Waals surface area contributed by atoms with Crippen molar-refractivity contribution in [1.29, 1.82) is 0 Å². The second-order valence-corrected chi connectivity index (χ2v) is 5.17. The van der Waals surface area contributed by atoms with Gasteiger partial charge in [0.2, 0.25) is 5.82 Å². The van der Waals surface area contributed by atoms with E-state index in [0.29, 0.717) is 16.2 Å². The average molecular weight is 350 g/mol. The minimum atomic E-state index is 0.589. The molecule has 0 saturated heterocycles. The summed E-state index contributed by atoms with van der Waals surface area (Å²) in [4.78, 5) is 1.50. The third-order valence-electron chi connectivity index (χ3n) is 2.85. The lowest BCUT2D eigenvalue weighted by molar-refractivity contribution is 0.715. The average Bonchev–Trinajstić information content (AvgIpc) is 2.98. The quantitative estimate of drug-likeness (QED) is 0.674. The van der Waals surface area contributed by atoms with Gasteiger partial charge in [-0.2, -0.15) is 0 Å². The highest BCUT2D eigenvalue weighted by Crippen LogP contribution is 2.22. The second kappa shape index (κ2) is 5.73. The van der Waals surface area contributed by atoms with Crippen molar-refractivity contribution >= 4 is 27.5 Å². The standard InChI is InChI=1S/C14H10BrClN4/c15-9-11-6-7-12(16)8-13(11)20-18-14(17-19-20)10-4-2-1-3-5-10/h1-8H,9H2. The van der Waals surface area contributed by atoms with Crippen LogP contribution in [0.5, 0.6) is 0 Å². The van der Waals surface area contributed by atoms with Crippen LogP contribution < -0.4 is 0 Å². The zero-order chi connectivity index (χ0) is 13.9. The van der Waals surface area contributed by atoms with Crippen LogP contribution in [-0.4, -0.2) is 20.2 Å². The summed E-state index contributed by atoms with van der Waals surface area (Å²) < 4.78 is 0. The van der Waals surface area contributed by atoms with Crippen LogP contribution in [0.3, 0.4) is 0 Å². The molecule has 0 aliphatic heterocycles. The molecule has 3 rings (SSSR count). The molecule has 100 valence electrons. The normalized spacial score (nSPS) is 10.7. The fourth-order valence-corrected chi connectivity index (χ4v) is 2.50. The largest absolute Gasteiger partial charge is 0.205 e. The van der Waals surface area contributed by atoms with Crippen molar-refractivity contribution in [2.45, 2.75) is 5.33 Å². The molecule has 20 heavy (non-hydrogen) atoms. The van der Waals surface area contributed by atoms with Gasteiger partial charge in [0.25, 0.3) is 0 Å². The van der Waals surface area contributed by atoms with Gasteiger partial charge in [0.15, 0.2) is 0 Å². The highest BCUT2D eigenvalue weighted by atomic mass is 79.9. The van der Waals surface area contributed by atoms with Gasteiger partial charge >= 0.3 is 0 Å². The molecule has 4 nitrogen and oxygen atoms in total. The van der Waals surface area contributed by atoms with Crippen LogP contribution in [0, 0.1) is 0 Å². The van der Waals surface area contributed by atoms with E-state index in [1.165, 1.54) is 4.80 Å². The van der Waals surface area contributed by atoms with Crippen molar-refractivity contribution < 1.29 is 0 Å². The lowest BCUT2D eigenvalue weighted by Gasteiger charge is -2.05. The molecule has 0 spiro atoms. The minimum Gasteiger partial charge on any atom is -0.130 e. The number of aromatic nitrogens is 4. The second-order valence-electron chi connectivity index (χ2n) is 4.18. The van der Waals surface area contributed by atoms with E-state index in [-0.39, 0.29) is 0 Å². The van der Waals surface area contributed by atoms with Crippen molar-refractivity contribution in [3.63, 3.8) is 0 Å². The SMILES string of the molecule is Clc1ccc(CBr)c(-n2nnc(-c3ccccc3)n2)c1. The van der Waals surface area contributed by atoms with Crippen molar-refractivity contribution in [2.24, 2.45) is 0 Å². The van der Waals surface area contributed by atoms with Gasteiger partial charge in [-0.05, 0) is 22.9 Å². The molecular weight excluding hydrogens is 340 g/mol. The molecule has 0 fully saturated rings. The fraction of sp³-hybridized carbons (Fsp3) is 0.0714. The molecule has 3 aromatic rings. The number of hydrogen-bond donors (Lipinski definition) is 0. The Bertz CT molecular complexity index is 727. The number of alkyl halides is 1. The first-order valence-corrected chi connectivity index (χ1v) is 7.48. The summed E-state index contributed by atoms with van der Waals surface area (Å²) in [5.41, 5.74) is 2.80. The van der Waals surface area contributed by atoms with Gasteiger partial charge in [0.1, 0.15) is 0 Å². The van der Waals surface area contributed by atoms with E-state index in [1.54, 1.807) is 0 Å². The van der Waals surface area contributed by atoms with Crippen LogP contribution in [0.1, 0.15) is 5.56 Å². The van der Waals surface area contributed by atoms with Crippen LogP contribution in [0.2, 0.25) is 5.02 Å². The molecule has 0 radical (unpaired) electrons. The maximum Gasteiger partial charge on any atom is 0.205 e. The van der Waals surface area contributed by atoms with Crippen LogP contribution in [0.4, 0.5) is 0 Å². The Hall–Kier alpha value is -1.72. The first kappa shape index (κ1) is 13.3. The third-order valence-corrected chi connectivity index (χ3v) is 3.69. The summed E-state index contributed by atoms with van der Waals surface area (Å²) in [5, 5.41) is 14.0. The molecule has 0 aliphatic rings. The molecule has 0 atom stereocenters. The lowest BCUT2D eigenvalue weighted by Crippen LogP contribution is -2.02. The predicted molar refractivity (Wildman–Crippen MR) is 82.2 cm³/mol. The van der Waals surface area contributed by atoms with Gasteiger partial charge in [-0.1, -0.05) is 63.9 Å². The number of nitrogens with zero attached hydrogens (tertiary/aromatic N) is 4. The smallest absolute Gasteiger partial charge is 0.130 e. The Balaban J connectivity index is 2.04. The van der Waals surface area contributed by atoms with Crippen LogP contribution >= 0.6 is 27.5 Å². The Kier molecular flexibility index (Phi) is 3.80. The Morgan fingerprint density at radius 1 is 1.10 bits per heavy atom. The lowest BCUT2D eigenvalue weighted by atomic mass is 10.2. The van der Waals surface area contributed by atoms with Gasteiger partial charge in [-0.3, -0.25) is 0 Å². The first-order chi connectivity index (χ1) is 9.78. The summed E-state index contributed by atoms with van der Waals surface area (Å²) >= 11 is 9.49. The summed E-state index contributed by atoms with van der Waals surface area (Å²) in [6.07, 6.45) is 0. The molecule has 0 aliphatic carbocycles. The van der Waals surface area contributed by atoms with Crippen molar-refractivity contribution in [3.05, 3.63) is 59.1 Å². The Labute approximate surface area is 129 Å². The third kappa shape index (κ3) is 2.59. The van der Waals surface area contributed by atoms with E-state index < -0.39 is 0 Å². The van der Waals surface area contributed by atoms with E-state index in [4.69, 9.17) is 11.6 Å². The maximum absolute atomic E-state index is 6.04. The number of benzene rings is 2. The monoisotopic (exact) mass is 348 g/mol. The molecule has 0 saturated carbocycles. The van der Waals surface area contributed by atoms with Gasteiger partial charge in [0.05, 0.1) is 5.69 Å². The molecule has 0 unspecified atom stereocenters. The maximum atomic E-state index is 6.04. The molecule has 0 bridgehead atoms. The van der Waals surface area contributed by atoms with E-state index in [1.807, 2.05) is 48.5 Å². The van der Waals surface area contributed by atoms with E-state index >= 15 is 0 Å². The van der Waals surface area contributed by atoms with Gasteiger partial charge in [0, 0.05) is 15.9 Å². The molecule has 2 aromatic carbocycles. The predicted octanol–water partition coefficient (Wildman–Crippen LogP) is 3.88. The summed E-state index contributed by atoms with van der Waals surface area (Å²) in [6, 6.07) is 15.4. The summed E-state index contributed by atoms with van der Waals surface area (Å²) in [7, 11) is 0. The number of tetrazole rings is 1. The van der Waals surface area contributed by atoms with Crippen molar-refractivity contribution in [2.75, 3.05) is 0 Å². The van der Waals surface area contributed by atoms with E-state index in [2.05, 4.69) is 31.3 Å². The van der Waals surface area contributed by atoms with E-state index in [9.17, 15) is 0 Å².